The van der Waals surface area contributed by atoms with Crippen molar-refractivity contribution in [2.75, 3.05) is 0 Å². The van der Waals surface area contributed by atoms with E-state index in [1.807, 2.05) is 0 Å². The van der Waals surface area contributed by atoms with E-state index >= 15 is 0 Å². The van der Waals surface area contributed by atoms with Crippen LogP contribution in [0.3, 0.4) is 0 Å². The average Bonchev–Trinajstić information content (AvgIpc) is 2.25. The van der Waals surface area contributed by atoms with Gasteiger partial charge < -0.3 is 14.6 Å². The Kier molecular flexibility index (Phi) is 6.25. The van der Waals surface area contributed by atoms with Crippen LogP contribution in [0.4, 0.5) is 4.39 Å². The third-order valence-electron chi connectivity index (χ3n) is 2.29. The van der Waals surface area contributed by atoms with E-state index in [1.165, 1.54) is 12.1 Å². The first kappa shape index (κ1) is 13.3. The highest BCUT2D eigenvalue weighted by Crippen LogP contribution is 2.08. The molecule has 0 aliphatic heterocycles. The molecule has 0 atom stereocenters. The summed E-state index contributed by atoms with van der Waals surface area (Å²) in [5.74, 6) is -0.207. The van der Waals surface area contributed by atoms with Crippen molar-refractivity contribution in [3.63, 3.8) is 0 Å². The molecule has 1 rings (SSSR count). The van der Waals surface area contributed by atoms with Gasteiger partial charge in [-0.05, 0) is 36.6 Å². The van der Waals surface area contributed by atoms with Crippen LogP contribution in [-0.2, 0) is 10.8 Å². The van der Waals surface area contributed by atoms with Gasteiger partial charge in [0.25, 0.3) is 6.48 Å². The minimum absolute atomic E-state index is 0.207. The number of benzene rings is 1. The molecule has 3 nitrogen and oxygen atoms in total. The van der Waals surface area contributed by atoms with E-state index < -0.39 is 16.2 Å². The first-order valence-corrected chi connectivity index (χ1v) is 6.98. The molecule has 16 heavy (non-hydrogen) atoms. The van der Waals surface area contributed by atoms with Gasteiger partial charge in [-0.15, -0.1) is 0 Å². The fourth-order valence-corrected chi connectivity index (χ4v) is 2.38. The van der Waals surface area contributed by atoms with Gasteiger partial charge in [0.15, 0.2) is 9.76 Å². The molecule has 0 saturated heterocycles. The number of aliphatic hydroxyl groups is 2. The molecule has 0 radical (unpaired) electrons. The zero-order valence-electron chi connectivity index (χ0n) is 9.10. The van der Waals surface area contributed by atoms with Gasteiger partial charge in [-0.1, -0.05) is 18.6 Å². The number of halogens is 1. The molecule has 1 aromatic rings. The third-order valence-corrected chi connectivity index (χ3v) is 3.61. The van der Waals surface area contributed by atoms with Crippen LogP contribution in [0, 0.1) is 5.82 Å². The first-order valence-electron chi connectivity index (χ1n) is 5.40. The molecular formula is C11H17FO3Si. The normalized spacial score (nSPS) is 11.8. The fraction of sp³-hybridized carbons (Fsp3) is 0.455. The predicted molar refractivity (Wildman–Crippen MR) is 62.0 cm³/mol. The largest absolute Gasteiger partial charge is 0.379 e. The summed E-state index contributed by atoms with van der Waals surface area (Å²) in [4.78, 5) is 0. The van der Waals surface area contributed by atoms with Gasteiger partial charge in [-0.3, -0.25) is 0 Å². The molecule has 0 amide bonds. The molecule has 0 aromatic heterocycles. The zero-order valence-corrected chi connectivity index (χ0v) is 10.5. The fourth-order valence-electron chi connectivity index (χ4n) is 1.45. The molecule has 0 heterocycles. The third kappa shape index (κ3) is 5.97. The molecule has 0 saturated carbocycles. The van der Waals surface area contributed by atoms with E-state index in [0.29, 0.717) is 0 Å². The summed E-state index contributed by atoms with van der Waals surface area (Å²) in [7, 11) is -0.803. The van der Waals surface area contributed by atoms with Crippen molar-refractivity contribution >= 4 is 9.76 Å². The molecule has 0 bridgehead atoms. The van der Waals surface area contributed by atoms with Crippen LogP contribution in [0.25, 0.3) is 0 Å². The lowest BCUT2D eigenvalue weighted by atomic mass is 10.1. The molecule has 1 aromatic carbocycles. The van der Waals surface area contributed by atoms with Crippen LogP contribution in [0.15, 0.2) is 24.3 Å². The number of aryl methyl sites for hydroxylation is 1. The van der Waals surface area contributed by atoms with E-state index in [2.05, 4.69) is 0 Å². The Morgan fingerprint density at radius 1 is 1.19 bits per heavy atom. The van der Waals surface area contributed by atoms with Crippen molar-refractivity contribution in [3.05, 3.63) is 35.6 Å². The van der Waals surface area contributed by atoms with Crippen molar-refractivity contribution < 1.29 is 19.0 Å². The number of rotatable bonds is 7. The van der Waals surface area contributed by atoms with Crippen LogP contribution in [0.5, 0.6) is 0 Å². The second kappa shape index (κ2) is 7.51. The Hall–Kier alpha value is -0.753. The van der Waals surface area contributed by atoms with Crippen molar-refractivity contribution in [1.29, 1.82) is 0 Å². The molecule has 90 valence electrons. The topological polar surface area (TPSA) is 49.7 Å². The van der Waals surface area contributed by atoms with Gasteiger partial charge in [-0.2, -0.15) is 0 Å². The van der Waals surface area contributed by atoms with Gasteiger partial charge in [0.1, 0.15) is 5.82 Å². The maximum atomic E-state index is 12.6. The quantitative estimate of drug-likeness (QED) is 0.426. The molecule has 0 spiro atoms. The summed E-state index contributed by atoms with van der Waals surface area (Å²) in [6.45, 7) is -1.61. The van der Waals surface area contributed by atoms with Crippen molar-refractivity contribution in [1.82, 2.24) is 0 Å². The van der Waals surface area contributed by atoms with Crippen LogP contribution in [0.1, 0.15) is 18.4 Å². The minimum atomic E-state index is -1.61. The Bertz CT molecular complexity index is 290. The molecule has 2 N–H and O–H groups in total. The SMILES string of the molecule is OC(O)O[SiH2]CCCCc1ccc(F)cc1. The number of hydrogen-bond acceptors (Lipinski definition) is 3. The highest BCUT2D eigenvalue weighted by molar-refractivity contribution is 6.26. The minimum Gasteiger partial charge on any atom is -0.379 e. The molecule has 0 aliphatic rings. The first-order chi connectivity index (χ1) is 7.68. The zero-order chi connectivity index (χ0) is 11.8. The maximum Gasteiger partial charge on any atom is 0.256 e. The molecule has 0 fully saturated rings. The Morgan fingerprint density at radius 2 is 1.88 bits per heavy atom. The lowest BCUT2D eigenvalue weighted by Crippen LogP contribution is -2.13. The molecule has 5 heteroatoms. The summed E-state index contributed by atoms with van der Waals surface area (Å²) >= 11 is 0. The lowest BCUT2D eigenvalue weighted by Gasteiger charge is -2.05. The standard InChI is InChI=1S/C11H17FO3Si/c12-10-6-4-9(5-7-10)3-1-2-8-16-15-11(13)14/h4-7,11,13-14H,1-3,8,16H2. The van der Waals surface area contributed by atoms with Gasteiger partial charge in [0.05, 0.1) is 0 Å². The van der Waals surface area contributed by atoms with Gasteiger partial charge in [0, 0.05) is 0 Å². The van der Waals surface area contributed by atoms with Crippen LogP contribution in [0.2, 0.25) is 6.04 Å². The van der Waals surface area contributed by atoms with E-state index in [9.17, 15) is 4.39 Å². The van der Waals surface area contributed by atoms with Gasteiger partial charge >= 0.3 is 0 Å². The van der Waals surface area contributed by atoms with Crippen molar-refractivity contribution in [3.8, 4) is 0 Å². The average molecular weight is 244 g/mol. The van der Waals surface area contributed by atoms with E-state index in [0.717, 1.165) is 30.9 Å². The van der Waals surface area contributed by atoms with E-state index in [1.54, 1.807) is 12.1 Å². The van der Waals surface area contributed by atoms with Crippen LogP contribution >= 0.6 is 0 Å². The number of hydrogen-bond donors (Lipinski definition) is 2. The Balaban J connectivity index is 2.05. The summed E-state index contributed by atoms with van der Waals surface area (Å²) in [5.41, 5.74) is 1.13. The number of unbranched alkanes of at least 4 members (excludes halogenated alkanes) is 1. The smallest absolute Gasteiger partial charge is 0.256 e. The lowest BCUT2D eigenvalue weighted by molar-refractivity contribution is -0.180. The Labute approximate surface area is 96.8 Å². The molecule has 0 aliphatic carbocycles. The second-order valence-electron chi connectivity index (χ2n) is 3.63. The maximum absolute atomic E-state index is 12.6. The van der Waals surface area contributed by atoms with Crippen molar-refractivity contribution in [2.45, 2.75) is 31.8 Å². The van der Waals surface area contributed by atoms with Crippen molar-refractivity contribution in [2.24, 2.45) is 0 Å². The molecule has 0 unspecified atom stereocenters. The summed E-state index contributed by atoms with van der Waals surface area (Å²) < 4.78 is 17.3. The van der Waals surface area contributed by atoms with Crippen LogP contribution < -0.4 is 0 Å². The van der Waals surface area contributed by atoms with E-state index in [-0.39, 0.29) is 5.82 Å². The molecular weight excluding hydrogens is 227 g/mol. The second-order valence-corrected chi connectivity index (χ2v) is 5.08. The van der Waals surface area contributed by atoms with Crippen LogP contribution in [-0.4, -0.2) is 26.5 Å². The van der Waals surface area contributed by atoms with Gasteiger partial charge in [-0.25, -0.2) is 4.39 Å². The summed E-state index contributed by atoms with van der Waals surface area (Å²) in [5, 5.41) is 16.9. The van der Waals surface area contributed by atoms with E-state index in [4.69, 9.17) is 14.6 Å². The monoisotopic (exact) mass is 244 g/mol. The predicted octanol–water partition coefficient (Wildman–Crippen LogP) is 0.935. The highest BCUT2D eigenvalue weighted by Gasteiger charge is 1.98. The van der Waals surface area contributed by atoms with Gasteiger partial charge in [0.2, 0.25) is 0 Å². The summed E-state index contributed by atoms with van der Waals surface area (Å²) in [6, 6.07) is 7.45. The highest BCUT2D eigenvalue weighted by atomic mass is 28.2. The Morgan fingerprint density at radius 3 is 2.50 bits per heavy atom. The summed E-state index contributed by atoms with van der Waals surface area (Å²) in [6.07, 6.45) is 2.95. The number of aliphatic hydroxyl groups excluding tert-OH is 1.